The summed E-state index contributed by atoms with van der Waals surface area (Å²) in [5.74, 6) is 0.160. The Morgan fingerprint density at radius 1 is 1.34 bits per heavy atom. The number of carboxylic acids is 1. The normalized spacial score (nSPS) is 20.1. The van der Waals surface area contributed by atoms with Crippen molar-refractivity contribution < 1.29 is 19.7 Å². The van der Waals surface area contributed by atoms with Crippen molar-refractivity contribution >= 4 is 5.97 Å². The minimum atomic E-state index is -0.893. The molecule has 0 bridgehead atoms. The number of carboxylic acid groups (broad SMARTS) is 1. The van der Waals surface area contributed by atoms with Gasteiger partial charge in [-0.2, -0.15) is 0 Å². The molecule has 4 heteroatoms. The number of benzene rings is 1. The molecule has 0 saturated carbocycles. The molecule has 160 valence electrons. The van der Waals surface area contributed by atoms with Crippen LogP contribution >= 0.6 is 0 Å². The highest BCUT2D eigenvalue weighted by molar-refractivity contribution is 5.67. The average molecular weight is 401 g/mol. The maximum Gasteiger partial charge on any atom is 0.307 e. The SMILES string of the molecule is C=C(C)C1CCC(C)=CC1c1c(O)cc(CCCCC)cc1OC(C)CC(=O)O. The summed E-state index contributed by atoms with van der Waals surface area (Å²) in [6.45, 7) is 12.3. The van der Waals surface area contributed by atoms with Gasteiger partial charge in [-0.25, -0.2) is 0 Å². The van der Waals surface area contributed by atoms with E-state index in [0.717, 1.165) is 55.2 Å². The molecule has 0 spiro atoms. The second-order valence-corrected chi connectivity index (χ2v) is 8.54. The van der Waals surface area contributed by atoms with Crippen LogP contribution in [0.1, 0.15) is 83.3 Å². The Labute approximate surface area is 175 Å². The van der Waals surface area contributed by atoms with Crippen molar-refractivity contribution in [3.63, 3.8) is 0 Å². The second-order valence-electron chi connectivity index (χ2n) is 8.54. The zero-order chi connectivity index (χ0) is 21.6. The number of aliphatic carboxylic acids is 1. The van der Waals surface area contributed by atoms with Crippen molar-refractivity contribution in [1.82, 2.24) is 0 Å². The second kappa shape index (κ2) is 10.5. The molecule has 4 nitrogen and oxygen atoms in total. The van der Waals surface area contributed by atoms with Gasteiger partial charge in [-0.15, -0.1) is 0 Å². The highest BCUT2D eigenvalue weighted by atomic mass is 16.5. The topological polar surface area (TPSA) is 66.8 Å². The third-order valence-corrected chi connectivity index (χ3v) is 5.75. The van der Waals surface area contributed by atoms with Gasteiger partial charge < -0.3 is 14.9 Å². The van der Waals surface area contributed by atoms with Gasteiger partial charge in [-0.1, -0.05) is 43.6 Å². The van der Waals surface area contributed by atoms with Gasteiger partial charge >= 0.3 is 5.97 Å². The van der Waals surface area contributed by atoms with E-state index < -0.39 is 12.1 Å². The molecule has 3 unspecified atom stereocenters. The van der Waals surface area contributed by atoms with Gasteiger partial charge in [0.1, 0.15) is 17.6 Å². The molecule has 0 fully saturated rings. The van der Waals surface area contributed by atoms with E-state index in [0.29, 0.717) is 5.75 Å². The summed E-state index contributed by atoms with van der Waals surface area (Å²) in [6, 6.07) is 3.85. The van der Waals surface area contributed by atoms with Crippen molar-refractivity contribution in [2.45, 2.75) is 84.7 Å². The van der Waals surface area contributed by atoms with Crippen molar-refractivity contribution in [1.29, 1.82) is 0 Å². The first-order chi connectivity index (χ1) is 13.7. The van der Waals surface area contributed by atoms with Gasteiger partial charge in [0.15, 0.2) is 0 Å². The van der Waals surface area contributed by atoms with Crippen molar-refractivity contribution in [2.75, 3.05) is 0 Å². The lowest BCUT2D eigenvalue weighted by Crippen LogP contribution is -2.21. The number of hydrogen-bond donors (Lipinski definition) is 2. The Hall–Kier alpha value is -2.23. The molecule has 0 aliphatic heterocycles. The number of allylic oxidation sites excluding steroid dienone is 3. The van der Waals surface area contributed by atoms with Crippen molar-refractivity contribution in [2.24, 2.45) is 5.92 Å². The summed E-state index contributed by atoms with van der Waals surface area (Å²) in [5, 5.41) is 20.1. The van der Waals surface area contributed by atoms with E-state index in [4.69, 9.17) is 9.84 Å². The number of ether oxygens (including phenoxy) is 1. The van der Waals surface area contributed by atoms with Crippen LogP contribution in [0.4, 0.5) is 0 Å². The Morgan fingerprint density at radius 3 is 2.69 bits per heavy atom. The van der Waals surface area contributed by atoms with Gasteiger partial charge in [0.2, 0.25) is 0 Å². The molecule has 0 radical (unpaired) electrons. The molecule has 3 atom stereocenters. The lowest BCUT2D eigenvalue weighted by molar-refractivity contribution is -0.138. The van der Waals surface area contributed by atoms with E-state index in [2.05, 4.69) is 26.5 Å². The fourth-order valence-corrected chi connectivity index (χ4v) is 4.23. The maximum absolute atomic E-state index is 11.1. The van der Waals surface area contributed by atoms with E-state index >= 15 is 0 Å². The third kappa shape index (κ3) is 6.38. The number of hydrogen-bond acceptors (Lipinski definition) is 3. The fourth-order valence-electron chi connectivity index (χ4n) is 4.23. The lowest BCUT2D eigenvalue weighted by Gasteiger charge is -2.32. The summed E-state index contributed by atoms with van der Waals surface area (Å²) < 4.78 is 6.10. The van der Waals surface area contributed by atoms with E-state index in [1.165, 1.54) is 5.57 Å². The summed E-state index contributed by atoms with van der Waals surface area (Å²) in [7, 11) is 0. The monoisotopic (exact) mass is 400 g/mol. The Bertz CT molecular complexity index is 762. The van der Waals surface area contributed by atoms with Crippen LogP contribution < -0.4 is 4.74 Å². The molecule has 1 aliphatic carbocycles. The highest BCUT2D eigenvalue weighted by Gasteiger charge is 2.31. The average Bonchev–Trinajstić information content (AvgIpc) is 2.60. The summed E-state index contributed by atoms with van der Waals surface area (Å²) in [5.41, 5.74) is 4.17. The molecular formula is C25H36O4. The van der Waals surface area contributed by atoms with E-state index in [1.807, 2.05) is 19.1 Å². The number of phenolic OH excluding ortho intramolecular Hbond substituents is 1. The third-order valence-electron chi connectivity index (χ3n) is 5.75. The van der Waals surface area contributed by atoms with Crippen molar-refractivity contribution in [3.05, 3.63) is 47.1 Å². The predicted octanol–water partition coefficient (Wildman–Crippen LogP) is 6.38. The summed E-state index contributed by atoms with van der Waals surface area (Å²) >= 11 is 0. The first kappa shape index (κ1) is 23.1. The zero-order valence-corrected chi connectivity index (χ0v) is 18.3. The Kier molecular flexibility index (Phi) is 8.36. The van der Waals surface area contributed by atoms with Gasteiger partial charge in [0.05, 0.1) is 6.42 Å². The molecule has 2 N–H and O–H groups in total. The largest absolute Gasteiger partial charge is 0.507 e. The molecule has 0 heterocycles. The molecular weight excluding hydrogens is 364 g/mol. The minimum absolute atomic E-state index is 0.0158. The molecule has 1 aromatic carbocycles. The number of phenols is 1. The number of aromatic hydroxyl groups is 1. The lowest BCUT2D eigenvalue weighted by atomic mass is 9.73. The van der Waals surface area contributed by atoms with Gasteiger partial charge in [0.25, 0.3) is 0 Å². The quantitative estimate of drug-likeness (QED) is 0.353. The van der Waals surface area contributed by atoms with E-state index in [-0.39, 0.29) is 24.0 Å². The maximum atomic E-state index is 11.1. The fraction of sp³-hybridized carbons (Fsp3) is 0.560. The van der Waals surface area contributed by atoms with Gasteiger partial charge in [0, 0.05) is 11.5 Å². The zero-order valence-electron chi connectivity index (χ0n) is 18.3. The molecule has 0 aromatic heterocycles. The van der Waals surface area contributed by atoms with Gasteiger partial charge in [-0.3, -0.25) is 4.79 Å². The number of carbonyl (C=O) groups is 1. The van der Waals surface area contributed by atoms with Crippen LogP contribution in [0.5, 0.6) is 11.5 Å². The summed E-state index contributed by atoms with van der Waals surface area (Å²) in [4.78, 5) is 11.1. The summed E-state index contributed by atoms with van der Waals surface area (Å²) in [6.07, 6.45) is 7.86. The molecule has 29 heavy (non-hydrogen) atoms. The molecule has 0 amide bonds. The molecule has 1 aromatic rings. The van der Waals surface area contributed by atoms with Crippen LogP contribution in [0.25, 0.3) is 0 Å². The van der Waals surface area contributed by atoms with Gasteiger partial charge in [-0.05, 0) is 70.1 Å². The smallest absolute Gasteiger partial charge is 0.307 e. The predicted molar refractivity (Wildman–Crippen MR) is 118 cm³/mol. The highest BCUT2D eigenvalue weighted by Crippen LogP contribution is 2.47. The number of rotatable bonds is 10. The Balaban J connectivity index is 2.48. The first-order valence-electron chi connectivity index (χ1n) is 10.8. The first-order valence-corrected chi connectivity index (χ1v) is 10.8. The van der Waals surface area contributed by atoms with Crippen LogP contribution in [0.2, 0.25) is 0 Å². The minimum Gasteiger partial charge on any atom is -0.507 e. The van der Waals surface area contributed by atoms with E-state index in [9.17, 15) is 9.90 Å². The van der Waals surface area contributed by atoms with E-state index in [1.54, 1.807) is 6.92 Å². The standard InChI is InChI=1S/C25H36O4/c1-6-7-8-9-19-14-22(26)25(23(15-19)29-18(5)13-24(27)28)21-12-17(4)10-11-20(21)16(2)3/h12,14-15,18,20-21,26H,2,6-11,13H2,1,3-5H3,(H,27,28). The number of aryl methyl sites for hydroxylation is 1. The van der Waals surface area contributed by atoms with Crippen LogP contribution in [0, 0.1) is 5.92 Å². The van der Waals surface area contributed by atoms with Crippen LogP contribution in [0.3, 0.4) is 0 Å². The number of unbranched alkanes of at least 4 members (excludes halogenated alkanes) is 2. The molecule has 2 rings (SSSR count). The van der Waals surface area contributed by atoms with Crippen LogP contribution in [-0.4, -0.2) is 22.3 Å². The van der Waals surface area contributed by atoms with Crippen LogP contribution in [0.15, 0.2) is 35.9 Å². The van der Waals surface area contributed by atoms with Crippen LogP contribution in [-0.2, 0) is 11.2 Å². The molecule has 0 saturated heterocycles. The van der Waals surface area contributed by atoms with Crippen molar-refractivity contribution in [3.8, 4) is 11.5 Å². The molecule has 1 aliphatic rings. The Morgan fingerprint density at radius 2 is 2.07 bits per heavy atom.